The van der Waals surface area contributed by atoms with Crippen LogP contribution < -0.4 is 4.74 Å². The lowest BCUT2D eigenvalue weighted by molar-refractivity contribution is 0.0994. The number of carbonyl (C=O) groups is 1. The van der Waals surface area contributed by atoms with Crippen molar-refractivity contribution in [1.29, 1.82) is 0 Å². The van der Waals surface area contributed by atoms with E-state index in [2.05, 4.69) is 0 Å². The van der Waals surface area contributed by atoms with Gasteiger partial charge in [-0.05, 0) is 23.8 Å². The van der Waals surface area contributed by atoms with Crippen molar-refractivity contribution in [2.24, 2.45) is 7.05 Å². The van der Waals surface area contributed by atoms with Gasteiger partial charge in [0.15, 0.2) is 5.78 Å². The summed E-state index contributed by atoms with van der Waals surface area (Å²) in [5.74, 6) is 0.901. The van der Waals surface area contributed by atoms with Gasteiger partial charge in [-0.25, -0.2) is 0 Å². The molecule has 3 heteroatoms. The molecule has 3 rings (SSSR count). The summed E-state index contributed by atoms with van der Waals surface area (Å²) < 4.78 is 7.20. The second kappa shape index (κ2) is 5.44. The average Bonchev–Trinajstić information content (AvgIpc) is 2.85. The number of benzene rings is 2. The number of methoxy groups -OCH3 is 1. The van der Waals surface area contributed by atoms with Crippen LogP contribution in [0.25, 0.3) is 10.9 Å². The van der Waals surface area contributed by atoms with Crippen LogP contribution in [0.3, 0.4) is 0 Å². The van der Waals surface area contributed by atoms with E-state index in [9.17, 15) is 4.79 Å². The molecule has 0 spiro atoms. The fourth-order valence-corrected chi connectivity index (χ4v) is 2.63. The number of fused-ring (bicyclic) bond motifs is 1. The third-order valence-electron chi connectivity index (χ3n) is 3.70. The van der Waals surface area contributed by atoms with E-state index in [1.807, 2.05) is 66.3 Å². The summed E-state index contributed by atoms with van der Waals surface area (Å²) in [4.78, 5) is 12.6. The number of carbonyl (C=O) groups excluding carboxylic acids is 1. The number of ether oxygens (including phenoxy) is 1. The van der Waals surface area contributed by atoms with Crippen molar-refractivity contribution in [3.05, 3.63) is 65.9 Å². The number of hydrogen-bond donors (Lipinski definition) is 0. The first kappa shape index (κ1) is 13.4. The van der Waals surface area contributed by atoms with Crippen LogP contribution in [0.2, 0.25) is 0 Å². The normalized spacial score (nSPS) is 10.8. The van der Waals surface area contributed by atoms with Gasteiger partial charge in [0.1, 0.15) is 5.75 Å². The highest BCUT2D eigenvalue weighted by Gasteiger charge is 2.14. The van der Waals surface area contributed by atoms with Crippen molar-refractivity contribution in [3.8, 4) is 5.75 Å². The molecular weight excluding hydrogens is 262 g/mol. The van der Waals surface area contributed by atoms with E-state index in [1.165, 1.54) is 0 Å². The zero-order chi connectivity index (χ0) is 14.8. The Labute approximate surface area is 123 Å². The summed E-state index contributed by atoms with van der Waals surface area (Å²) in [5, 5.41) is 1.01. The van der Waals surface area contributed by atoms with Gasteiger partial charge in [-0.1, -0.05) is 30.3 Å². The number of hydrogen-bond acceptors (Lipinski definition) is 2. The Morgan fingerprint density at radius 2 is 1.95 bits per heavy atom. The Balaban J connectivity index is 1.94. The molecule has 0 aliphatic carbocycles. The number of ketones is 1. The summed E-state index contributed by atoms with van der Waals surface area (Å²) in [6.07, 6.45) is 2.29. The second-order valence-corrected chi connectivity index (χ2v) is 5.12. The SMILES string of the molecule is COc1cccc(CC(=O)c2cn(C)c3ccccc23)c1. The van der Waals surface area contributed by atoms with Crippen LogP contribution in [0.15, 0.2) is 54.7 Å². The number of para-hydroxylation sites is 1. The summed E-state index contributed by atoms with van der Waals surface area (Å²) in [5.41, 5.74) is 2.81. The average molecular weight is 279 g/mol. The molecule has 0 amide bonds. The molecule has 0 radical (unpaired) electrons. The monoisotopic (exact) mass is 279 g/mol. The highest BCUT2D eigenvalue weighted by atomic mass is 16.5. The first-order valence-corrected chi connectivity index (χ1v) is 6.89. The molecule has 21 heavy (non-hydrogen) atoms. The number of aryl methyl sites for hydroxylation is 1. The molecule has 0 saturated carbocycles. The van der Waals surface area contributed by atoms with Crippen molar-refractivity contribution in [2.45, 2.75) is 6.42 Å². The smallest absolute Gasteiger partial charge is 0.169 e. The quantitative estimate of drug-likeness (QED) is 0.683. The predicted octanol–water partition coefficient (Wildman–Crippen LogP) is 3.61. The Bertz CT molecular complexity index is 802. The first-order valence-electron chi connectivity index (χ1n) is 6.89. The van der Waals surface area contributed by atoms with E-state index in [4.69, 9.17) is 4.74 Å². The minimum absolute atomic E-state index is 0.125. The maximum absolute atomic E-state index is 12.6. The van der Waals surface area contributed by atoms with E-state index in [-0.39, 0.29) is 5.78 Å². The maximum Gasteiger partial charge on any atom is 0.169 e. The van der Waals surface area contributed by atoms with Gasteiger partial charge in [0.25, 0.3) is 0 Å². The van der Waals surface area contributed by atoms with Gasteiger partial charge in [-0.15, -0.1) is 0 Å². The molecule has 0 unspecified atom stereocenters. The Morgan fingerprint density at radius 3 is 2.76 bits per heavy atom. The third kappa shape index (κ3) is 2.55. The van der Waals surface area contributed by atoms with Crippen molar-refractivity contribution in [3.63, 3.8) is 0 Å². The molecule has 0 bridgehead atoms. The molecule has 3 nitrogen and oxygen atoms in total. The van der Waals surface area contributed by atoms with Crippen LogP contribution in [0, 0.1) is 0 Å². The summed E-state index contributed by atoms with van der Waals surface area (Å²) in [7, 11) is 3.59. The van der Waals surface area contributed by atoms with Crippen LogP contribution in [0.4, 0.5) is 0 Å². The molecule has 1 heterocycles. The van der Waals surface area contributed by atoms with Crippen LogP contribution in [0.5, 0.6) is 5.75 Å². The molecule has 1 aromatic heterocycles. The molecular formula is C18H17NO2. The van der Waals surface area contributed by atoms with Crippen molar-refractivity contribution in [2.75, 3.05) is 7.11 Å². The van der Waals surface area contributed by atoms with Gasteiger partial charge in [-0.2, -0.15) is 0 Å². The lowest BCUT2D eigenvalue weighted by Crippen LogP contribution is -2.03. The Hall–Kier alpha value is -2.55. The highest BCUT2D eigenvalue weighted by molar-refractivity contribution is 6.08. The van der Waals surface area contributed by atoms with Crippen LogP contribution >= 0.6 is 0 Å². The fourth-order valence-electron chi connectivity index (χ4n) is 2.63. The van der Waals surface area contributed by atoms with E-state index < -0.39 is 0 Å². The minimum atomic E-state index is 0.125. The lowest BCUT2D eigenvalue weighted by Gasteiger charge is -2.03. The number of rotatable bonds is 4. The molecule has 106 valence electrons. The molecule has 3 aromatic rings. The number of Topliss-reactive ketones (excluding diaryl/α,β-unsaturated/α-hetero) is 1. The molecule has 0 aliphatic rings. The Kier molecular flexibility index (Phi) is 3.48. The maximum atomic E-state index is 12.6. The van der Waals surface area contributed by atoms with Crippen molar-refractivity contribution >= 4 is 16.7 Å². The topological polar surface area (TPSA) is 31.2 Å². The number of nitrogens with zero attached hydrogens (tertiary/aromatic N) is 1. The molecule has 0 saturated heterocycles. The van der Waals surface area contributed by atoms with E-state index in [0.717, 1.165) is 27.8 Å². The number of aromatic nitrogens is 1. The van der Waals surface area contributed by atoms with Crippen molar-refractivity contribution < 1.29 is 9.53 Å². The van der Waals surface area contributed by atoms with E-state index in [1.54, 1.807) is 7.11 Å². The molecule has 0 fully saturated rings. The van der Waals surface area contributed by atoms with Gasteiger partial charge in [0.05, 0.1) is 7.11 Å². The zero-order valence-corrected chi connectivity index (χ0v) is 12.2. The third-order valence-corrected chi connectivity index (χ3v) is 3.70. The predicted molar refractivity (Wildman–Crippen MR) is 83.9 cm³/mol. The van der Waals surface area contributed by atoms with Crippen LogP contribution in [0.1, 0.15) is 15.9 Å². The second-order valence-electron chi connectivity index (χ2n) is 5.12. The van der Waals surface area contributed by atoms with E-state index in [0.29, 0.717) is 6.42 Å². The lowest BCUT2D eigenvalue weighted by atomic mass is 10.0. The first-order chi connectivity index (χ1) is 10.2. The van der Waals surface area contributed by atoms with Crippen LogP contribution in [-0.2, 0) is 13.5 Å². The molecule has 0 atom stereocenters. The Morgan fingerprint density at radius 1 is 1.14 bits per heavy atom. The zero-order valence-electron chi connectivity index (χ0n) is 12.2. The van der Waals surface area contributed by atoms with Gasteiger partial charge in [0.2, 0.25) is 0 Å². The largest absolute Gasteiger partial charge is 0.497 e. The van der Waals surface area contributed by atoms with Gasteiger partial charge in [-0.3, -0.25) is 4.79 Å². The summed E-state index contributed by atoms with van der Waals surface area (Å²) >= 11 is 0. The van der Waals surface area contributed by atoms with Gasteiger partial charge >= 0.3 is 0 Å². The highest BCUT2D eigenvalue weighted by Crippen LogP contribution is 2.22. The van der Waals surface area contributed by atoms with Crippen molar-refractivity contribution in [1.82, 2.24) is 4.57 Å². The fraction of sp³-hybridized carbons (Fsp3) is 0.167. The molecule has 0 N–H and O–H groups in total. The summed E-state index contributed by atoms with van der Waals surface area (Å²) in [6, 6.07) is 15.6. The standard InChI is InChI=1S/C18H17NO2/c1-19-12-16(15-8-3-4-9-17(15)19)18(20)11-13-6-5-7-14(10-13)21-2/h3-10,12H,11H2,1-2H3. The minimum Gasteiger partial charge on any atom is -0.497 e. The summed E-state index contributed by atoms with van der Waals surface area (Å²) in [6.45, 7) is 0. The molecule has 2 aromatic carbocycles. The van der Waals surface area contributed by atoms with E-state index >= 15 is 0 Å². The van der Waals surface area contributed by atoms with Gasteiger partial charge in [0, 0.05) is 36.1 Å². The molecule has 0 aliphatic heterocycles. The van der Waals surface area contributed by atoms with Crippen LogP contribution in [-0.4, -0.2) is 17.5 Å². The van der Waals surface area contributed by atoms with Gasteiger partial charge < -0.3 is 9.30 Å².